The zero-order valence-electron chi connectivity index (χ0n) is 8.92. The first-order valence-corrected chi connectivity index (χ1v) is 4.83. The third kappa shape index (κ3) is 4.54. The number of hydrogen-bond acceptors (Lipinski definition) is 2. The molecule has 0 saturated heterocycles. The highest BCUT2D eigenvalue weighted by Crippen LogP contribution is 2.01. The van der Waals surface area contributed by atoms with Crippen LogP contribution in [0.1, 0.15) is 12.5 Å². The number of ketones is 1. The van der Waals surface area contributed by atoms with E-state index in [4.69, 9.17) is 0 Å². The van der Waals surface area contributed by atoms with E-state index in [1.54, 1.807) is 12.1 Å². The van der Waals surface area contributed by atoms with Gasteiger partial charge in [-0.05, 0) is 24.6 Å². The topological polar surface area (TPSA) is 58.2 Å². The predicted molar refractivity (Wildman–Crippen MR) is 57.3 cm³/mol. The van der Waals surface area contributed by atoms with E-state index in [9.17, 15) is 14.0 Å². The van der Waals surface area contributed by atoms with Gasteiger partial charge in [-0.25, -0.2) is 9.18 Å². The van der Waals surface area contributed by atoms with E-state index < -0.39 is 6.03 Å². The Morgan fingerprint density at radius 3 is 2.38 bits per heavy atom. The summed E-state index contributed by atoms with van der Waals surface area (Å²) in [5, 5.41) is 4.94. The lowest BCUT2D eigenvalue weighted by Crippen LogP contribution is -2.37. The average Bonchev–Trinajstić information content (AvgIpc) is 2.25. The largest absolute Gasteiger partial charge is 0.334 e. The van der Waals surface area contributed by atoms with Crippen LogP contribution in [0.4, 0.5) is 9.18 Å². The smallest absolute Gasteiger partial charge is 0.315 e. The van der Waals surface area contributed by atoms with Crippen LogP contribution in [-0.4, -0.2) is 18.4 Å². The fourth-order valence-electron chi connectivity index (χ4n) is 1.05. The monoisotopic (exact) mass is 224 g/mol. The summed E-state index contributed by atoms with van der Waals surface area (Å²) in [6.07, 6.45) is 0. The number of urea groups is 1. The van der Waals surface area contributed by atoms with Gasteiger partial charge in [0.1, 0.15) is 11.6 Å². The Morgan fingerprint density at radius 2 is 1.81 bits per heavy atom. The highest BCUT2D eigenvalue weighted by molar-refractivity contribution is 5.83. The summed E-state index contributed by atoms with van der Waals surface area (Å²) in [5.74, 6) is -0.429. The van der Waals surface area contributed by atoms with E-state index in [0.717, 1.165) is 5.56 Å². The molecule has 2 N–H and O–H groups in total. The minimum Gasteiger partial charge on any atom is -0.334 e. The first-order valence-electron chi connectivity index (χ1n) is 4.83. The second kappa shape index (κ2) is 5.85. The van der Waals surface area contributed by atoms with Crippen molar-refractivity contribution < 1.29 is 14.0 Å². The molecule has 0 aliphatic rings. The molecule has 0 fully saturated rings. The fourth-order valence-corrected chi connectivity index (χ4v) is 1.05. The standard InChI is InChI=1S/C11H13FN2O2/c1-8(15)6-13-11(16)14-7-9-2-4-10(12)5-3-9/h2-5H,6-7H2,1H3,(H2,13,14,16). The number of amides is 2. The third-order valence-electron chi connectivity index (χ3n) is 1.86. The molecule has 5 heteroatoms. The van der Waals surface area contributed by atoms with Gasteiger partial charge in [0.2, 0.25) is 0 Å². The second-order valence-electron chi connectivity index (χ2n) is 3.36. The first kappa shape index (κ1) is 12.2. The minimum atomic E-state index is -0.417. The van der Waals surface area contributed by atoms with Crippen molar-refractivity contribution in [3.05, 3.63) is 35.6 Å². The van der Waals surface area contributed by atoms with Crippen molar-refractivity contribution in [1.82, 2.24) is 10.6 Å². The van der Waals surface area contributed by atoms with Gasteiger partial charge < -0.3 is 10.6 Å². The Balaban J connectivity index is 2.31. The second-order valence-corrected chi connectivity index (χ2v) is 3.36. The van der Waals surface area contributed by atoms with Gasteiger partial charge in [0, 0.05) is 6.54 Å². The molecule has 0 heterocycles. The number of carbonyl (C=O) groups is 2. The van der Waals surface area contributed by atoms with Crippen LogP contribution in [0, 0.1) is 5.82 Å². The van der Waals surface area contributed by atoms with Crippen LogP contribution in [0.3, 0.4) is 0 Å². The molecule has 0 atom stereocenters. The molecular formula is C11H13FN2O2. The third-order valence-corrected chi connectivity index (χ3v) is 1.86. The van der Waals surface area contributed by atoms with E-state index in [-0.39, 0.29) is 18.1 Å². The molecule has 1 rings (SSSR count). The molecule has 0 aliphatic heterocycles. The molecule has 2 amide bonds. The molecule has 1 aromatic rings. The number of hydrogen-bond donors (Lipinski definition) is 2. The summed E-state index contributed by atoms with van der Waals surface area (Å²) >= 11 is 0. The molecule has 1 aromatic carbocycles. The van der Waals surface area contributed by atoms with Gasteiger partial charge in [0.15, 0.2) is 0 Å². The number of rotatable bonds is 4. The highest BCUT2D eigenvalue weighted by Gasteiger charge is 2.01. The van der Waals surface area contributed by atoms with Gasteiger partial charge in [-0.2, -0.15) is 0 Å². The summed E-state index contributed by atoms with van der Waals surface area (Å²) in [6.45, 7) is 1.69. The van der Waals surface area contributed by atoms with Crippen molar-refractivity contribution in [2.75, 3.05) is 6.54 Å². The maximum Gasteiger partial charge on any atom is 0.315 e. The van der Waals surface area contributed by atoms with E-state index in [1.165, 1.54) is 19.1 Å². The maximum absolute atomic E-state index is 12.6. The van der Waals surface area contributed by atoms with E-state index in [1.807, 2.05) is 0 Å². The van der Waals surface area contributed by atoms with Crippen LogP contribution in [0.15, 0.2) is 24.3 Å². The van der Waals surface area contributed by atoms with Crippen LogP contribution >= 0.6 is 0 Å². The lowest BCUT2D eigenvalue weighted by Gasteiger charge is -2.06. The van der Waals surface area contributed by atoms with Crippen molar-refractivity contribution in [3.63, 3.8) is 0 Å². The predicted octanol–water partition coefficient (Wildman–Crippen LogP) is 1.21. The average molecular weight is 224 g/mol. The van der Waals surface area contributed by atoms with Crippen LogP contribution in [0.2, 0.25) is 0 Å². The molecule has 0 aliphatic carbocycles. The zero-order chi connectivity index (χ0) is 12.0. The number of nitrogens with one attached hydrogen (secondary N) is 2. The summed E-state index contributed by atoms with van der Waals surface area (Å²) in [6, 6.07) is 5.40. The van der Waals surface area contributed by atoms with Gasteiger partial charge in [0.05, 0.1) is 6.54 Å². The van der Waals surface area contributed by atoms with Gasteiger partial charge >= 0.3 is 6.03 Å². The molecule has 0 radical (unpaired) electrons. The number of benzene rings is 1. The van der Waals surface area contributed by atoms with Crippen molar-refractivity contribution in [1.29, 1.82) is 0 Å². The SMILES string of the molecule is CC(=O)CNC(=O)NCc1ccc(F)cc1. The number of Topliss-reactive ketones (excluding diaryl/α,β-unsaturated/α-hetero) is 1. The summed E-state index contributed by atoms with van der Waals surface area (Å²) in [7, 11) is 0. The lowest BCUT2D eigenvalue weighted by molar-refractivity contribution is -0.116. The fraction of sp³-hybridized carbons (Fsp3) is 0.273. The van der Waals surface area contributed by atoms with Gasteiger partial charge in [0.25, 0.3) is 0 Å². The minimum absolute atomic E-state index is 0.00918. The van der Waals surface area contributed by atoms with Gasteiger partial charge in [-0.3, -0.25) is 4.79 Å². The van der Waals surface area contributed by atoms with Crippen LogP contribution in [0.25, 0.3) is 0 Å². The summed E-state index contributed by atoms with van der Waals surface area (Å²) in [4.78, 5) is 21.7. The molecular weight excluding hydrogens is 211 g/mol. The molecule has 0 unspecified atom stereocenters. The lowest BCUT2D eigenvalue weighted by atomic mass is 10.2. The van der Waals surface area contributed by atoms with Crippen LogP contribution in [-0.2, 0) is 11.3 Å². The van der Waals surface area contributed by atoms with Crippen LogP contribution in [0.5, 0.6) is 0 Å². The normalized spacial score (nSPS) is 9.62. The Bertz CT molecular complexity index is 376. The zero-order valence-corrected chi connectivity index (χ0v) is 8.92. The Morgan fingerprint density at radius 1 is 1.19 bits per heavy atom. The Labute approximate surface area is 92.8 Å². The van der Waals surface area contributed by atoms with Crippen molar-refractivity contribution in [3.8, 4) is 0 Å². The van der Waals surface area contributed by atoms with Crippen molar-refractivity contribution >= 4 is 11.8 Å². The van der Waals surface area contributed by atoms with E-state index >= 15 is 0 Å². The number of carbonyl (C=O) groups excluding carboxylic acids is 2. The Kier molecular flexibility index (Phi) is 4.44. The molecule has 0 saturated carbocycles. The summed E-state index contributed by atoms with van der Waals surface area (Å²) < 4.78 is 12.6. The Hall–Kier alpha value is -1.91. The number of halogens is 1. The van der Waals surface area contributed by atoms with Crippen LogP contribution < -0.4 is 10.6 Å². The molecule has 0 bridgehead atoms. The molecule has 4 nitrogen and oxygen atoms in total. The maximum atomic E-state index is 12.6. The van der Waals surface area contributed by atoms with Crippen molar-refractivity contribution in [2.45, 2.75) is 13.5 Å². The molecule has 0 spiro atoms. The quantitative estimate of drug-likeness (QED) is 0.807. The molecule has 86 valence electrons. The highest BCUT2D eigenvalue weighted by atomic mass is 19.1. The summed E-state index contributed by atoms with van der Waals surface area (Å²) in [5.41, 5.74) is 0.791. The first-order chi connectivity index (χ1) is 7.58. The van der Waals surface area contributed by atoms with Gasteiger partial charge in [-0.15, -0.1) is 0 Å². The van der Waals surface area contributed by atoms with E-state index in [2.05, 4.69) is 10.6 Å². The molecule has 0 aromatic heterocycles. The van der Waals surface area contributed by atoms with E-state index in [0.29, 0.717) is 6.54 Å². The van der Waals surface area contributed by atoms with Crippen molar-refractivity contribution in [2.24, 2.45) is 0 Å². The molecule has 16 heavy (non-hydrogen) atoms. The van der Waals surface area contributed by atoms with Gasteiger partial charge in [-0.1, -0.05) is 12.1 Å².